The first-order valence-electron chi connectivity index (χ1n) is 9.79. The van der Waals surface area contributed by atoms with Gasteiger partial charge in [-0.25, -0.2) is 4.79 Å². The summed E-state index contributed by atoms with van der Waals surface area (Å²) in [4.78, 5) is 31.5. The minimum Gasteiger partial charge on any atom is -0.370 e. The fraction of sp³-hybridized carbons (Fsp3) is 0.600. The van der Waals surface area contributed by atoms with Crippen molar-refractivity contribution in [3.05, 3.63) is 35.9 Å². The zero-order valence-electron chi connectivity index (χ0n) is 15.8. The number of likely N-dealkylation sites (N-methyl/N-ethyl adjacent to an activating group) is 1. The molecule has 1 aromatic carbocycles. The number of piperazine rings is 1. The standard InChI is InChI=1S/C20H28N4O3/c1-22-7-9-23(10-8-22)19(25)17-11-16-13-24(14-18(17)27-16)20(26)21-12-15-5-3-2-4-6-15/h2-6,16-18H,7-14H2,1H3,(H,21,26)/t16-,17+,18+/m0/s1. The number of benzene rings is 1. The highest BCUT2D eigenvalue weighted by molar-refractivity contribution is 5.80. The number of nitrogens with one attached hydrogen (secondary N) is 1. The van der Waals surface area contributed by atoms with Crippen LogP contribution in [0.15, 0.2) is 30.3 Å². The van der Waals surface area contributed by atoms with Gasteiger partial charge in [-0.05, 0) is 19.0 Å². The van der Waals surface area contributed by atoms with Crippen LogP contribution in [0.25, 0.3) is 0 Å². The first-order chi connectivity index (χ1) is 13.1. The lowest BCUT2D eigenvalue weighted by Gasteiger charge is -2.36. The SMILES string of the molecule is CN1CCN(C(=O)[C@@H]2C[C@H]3CN(C(=O)NCc4ccccc4)C[C@H]2O3)CC1. The van der Waals surface area contributed by atoms with Crippen molar-refractivity contribution >= 4 is 11.9 Å². The molecule has 7 heteroatoms. The molecule has 1 aromatic rings. The largest absolute Gasteiger partial charge is 0.370 e. The van der Waals surface area contributed by atoms with Crippen molar-refractivity contribution in [1.82, 2.24) is 20.0 Å². The minimum absolute atomic E-state index is 0.0346. The topological polar surface area (TPSA) is 65.1 Å². The molecule has 0 spiro atoms. The maximum atomic E-state index is 12.9. The molecule has 0 aromatic heterocycles. The predicted molar refractivity (Wildman–Crippen MR) is 101 cm³/mol. The fourth-order valence-electron chi connectivity index (χ4n) is 4.23. The number of rotatable bonds is 3. The molecule has 3 aliphatic rings. The molecule has 3 saturated heterocycles. The zero-order chi connectivity index (χ0) is 18.8. The van der Waals surface area contributed by atoms with E-state index in [1.807, 2.05) is 35.2 Å². The summed E-state index contributed by atoms with van der Waals surface area (Å²) >= 11 is 0. The molecule has 3 atom stereocenters. The Balaban J connectivity index is 1.32. The normalized spacial score (nSPS) is 28.3. The van der Waals surface area contributed by atoms with Crippen LogP contribution in [0.4, 0.5) is 4.79 Å². The highest BCUT2D eigenvalue weighted by Gasteiger charge is 2.47. The molecule has 0 radical (unpaired) electrons. The molecule has 3 amide bonds. The molecule has 1 N–H and O–H groups in total. The monoisotopic (exact) mass is 372 g/mol. The highest BCUT2D eigenvalue weighted by Crippen LogP contribution is 2.33. The molecule has 2 bridgehead atoms. The van der Waals surface area contributed by atoms with Crippen LogP contribution in [-0.2, 0) is 16.1 Å². The van der Waals surface area contributed by atoms with Crippen molar-refractivity contribution in [1.29, 1.82) is 0 Å². The van der Waals surface area contributed by atoms with Crippen molar-refractivity contribution < 1.29 is 14.3 Å². The predicted octanol–water partition coefficient (Wildman–Crippen LogP) is 0.760. The third-order valence-corrected chi connectivity index (χ3v) is 5.86. The number of urea groups is 1. The molecule has 0 saturated carbocycles. The van der Waals surface area contributed by atoms with Gasteiger partial charge >= 0.3 is 6.03 Å². The third-order valence-electron chi connectivity index (χ3n) is 5.86. The molecule has 146 valence electrons. The van der Waals surface area contributed by atoms with Crippen LogP contribution in [0.3, 0.4) is 0 Å². The molecule has 4 rings (SSSR count). The first-order valence-corrected chi connectivity index (χ1v) is 9.79. The Bertz CT molecular complexity index is 675. The quantitative estimate of drug-likeness (QED) is 0.851. The van der Waals surface area contributed by atoms with E-state index in [0.29, 0.717) is 19.6 Å². The number of fused-ring (bicyclic) bond motifs is 2. The number of nitrogens with zero attached hydrogens (tertiary/aromatic N) is 3. The van der Waals surface area contributed by atoms with E-state index >= 15 is 0 Å². The molecule has 0 aliphatic carbocycles. The summed E-state index contributed by atoms with van der Waals surface area (Å²) in [5.74, 6) is 0.0764. The average molecular weight is 372 g/mol. The van der Waals surface area contributed by atoms with E-state index in [9.17, 15) is 9.59 Å². The summed E-state index contributed by atoms with van der Waals surface area (Å²) in [7, 11) is 2.08. The minimum atomic E-state index is -0.182. The Kier molecular flexibility index (Phi) is 5.31. The van der Waals surface area contributed by atoms with Crippen LogP contribution >= 0.6 is 0 Å². The Morgan fingerprint density at radius 1 is 1.07 bits per heavy atom. The van der Waals surface area contributed by atoms with Gasteiger partial charge in [-0.15, -0.1) is 0 Å². The van der Waals surface area contributed by atoms with Gasteiger partial charge in [0, 0.05) is 45.8 Å². The lowest BCUT2D eigenvalue weighted by molar-refractivity contribution is -0.139. The average Bonchev–Trinajstić information content (AvgIpc) is 3.00. The van der Waals surface area contributed by atoms with E-state index in [1.165, 1.54) is 0 Å². The molecule has 7 nitrogen and oxygen atoms in total. The number of morpholine rings is 1. The molecular formula is C20H28N4O3. The number of carbonyl (C=O) groups excluding carboxylic acids is 2. The number of amides is 3. The second-order valence-electron chi connectivity index (χ2n) is 7.82. The second-order valence-corrected chi connectivity index (χ2v) is 7.82. The van der Waals surface area contributed by atoms with Gasteiger partial charge in [0.2, 0.25) is 5.91 Å². The smallest absolute Gasteiger partial charge is 0.317 e. The number of hydrogen-bond donors (Lipinski definition) is 1. The Morgan fingerprint density at radius 3 is 2.56 bits per heavy atom. The summed E-state index contributed by atoms with van der Waals surface area (Å²) < 4.78 is 6.01. The third kappa shape index (κ3) is 4.09. The van der Waals surface area contributed by atoms with Gasteiger partial charge in [0.15, 0.2) is 0 Å². The molecule has 3 aliphatic heterocycles. The molecular weight excluding hydrogens is 344 g/mol. The van der Waals surface area contributed by atoms with Gasteiger partial charge in [0.1, 0.15) is 0 Å². The van der Waals surface area contributed by atoms with E-state index in [2.05, 4.69) is 17.3 Å². The van der Waals surface area contributed by atoms with E-state index in [4.69, 9.17) is 4.74 Å². The molecule has 3 fully saturated rings. The van der Waals surface area contributed by atoms with E-state index in [1.54, 1.807) is 4.90 Å². The maximum Gasteiger partial charge on any atom is 0.317 e. The number of ether oxygens (including phenoxy) is 1. The van der Waals surface area contributed by atoms with Crippen LogP contribution in [-0.4, -0.2) is 85.2 Å². The second kappa shape index (κ2) is 7.86. The lowest BCUT2D eigenvalue weighted by atomic mass is 9.98. The van der Waals surface area contributed by atoms with Crippen LogP contribution in [0, 0.1) is 5.92 Å². The summed E-state index contributed by atoms with van der Waals surface area (Å²) in [5, 5.41) is 2.98. The summed E-state index contributed by atoms with van der Waals surface area (Å²) in [5.41, 5.74) is 1.07. The van der Waals surface area contributed by atoms with Gasteiger partial charge in [0.05, 0.1) is 18.1 Å². The van der Waals surface area contributed by atoms with Gasteiger partial charge in [0.25, 0.3) is 0 Å². The first kappa shape index (κ1) is 18.3. The van der Waals surface area contributed by atoms with E-state index in [0.717, 1.165) is 38.2 Å². The van der Waals surface area contributed by atoms with E-state index < -0.39 is 0 Å². The number of carbonyl (C=O) groups is 2. The van der Waals surface area contributed by atoms with Gasteiger partial charge < -0.3 is 24.8 Å². The maximum absolute atomic E-state index is 12.9. The summed E-state index contributed by atoms with van der Waals surface area (Å²) in [6.07, 6.45) is 0.504. The summed E-state index contributed by atoms with van der Waals surface area (Å²) in [6, 6.07) is 9.80. The highest BCUT2D eigenvalue weighted by atomic mass is 16.5. The van der Waals surface area contributed by atoms with Gasteiger partial charge in [-0.3, -0.25) is 4.79 Å². The molecule has 27 heavy (non-hydrogen) atoms. The number of hydrogen-bond acceptors (Lipinski definition) is 4. The van der Waals surface area contributed by atoms with Crippen LogP contribution in [0.2, 0.25) is 0 Å². The summed E-state index contributed by atoms with van der Waals surface area (Å²) in [6.45, 7) is 4.96. The Morgan fingerprint density at radius 2 is 1.81 bits per heavy atom. The van der Waals surface area contributed by atoms with Gasteiger partial charge in [-0.2, -0.15) is 0 Å². The van der Waals surface area contributed by atoms with Crippen LogP contribution in [0.5, 0.6) is 0 Å². The molecule has 3 heterocycles. The Hall–Kier alpha value is -2.12. The van der Waals surface area contributed by atoms with Gasteiger partial charge in [-0.1, -0.05) is 30.3 Å². The Labute approximate surface area is 160 Å². The van der Waals surface area contributed by atoms with Crippen molar-refractivity contribution in [3.63, 3.8) is 0 Å². The molecule has 0 unspecified atom stereocenters. The zero-order valence-corrected chi connectivity index (χ0v) is 15.8. The van der Waals surface area contributed by atoms with Crippen molar-refractivity contribution in [2.75, 3.05) is 46.3 Å². The van der Waals surface area contributed by atoms with Crippen molar-refractivity contribution in [2.24, 2.45) is 5.92 Å². The van der Waals surface area contributed by atoms with E-state index in [-0.39, 0.29) is 30.1 Å². The number of likely N-dealkylation sites (tertiary alicyclic amines) is 1. The lowest BCUT2D eigenvalue weighted by Crippen LogP contribution is -2.53. The van der Waals surface area contributed by atoms with Crippen molar-refractivity contribution in [2.45, 2.75) is 25.2 Å². The van der Waals surface area contributed by atoms with Crippen LogP contribution < -0.4 is 5.32 Å². The van der Waals surface area contributed by atoms with Crippen LogP contribution in [0.1, 0.15) is 12.0 Å². The fourth-order valence-corrected chi connectivity index (χ4v) is 4.23. The van der Waals surface area contributed by atoms with Crippen molar-refractivity contribution in [3.8, 4) is 0 Å².